The molecule has 0 aliphatic heterocycles. The Morgan fingerprint density at radius 3 is 2.89 bits per heavy atom. The molecular formula is C13H19FN2OS. The fourth-order valence-corrected chi connectivity index (χ4v) is 1.67. The summed E-state index contributed by atoms with van der Waals surface area (Å²) >= 11 is 5.10. The number of nitrogens with one attached hydrogen (secondary N) is 2. The van der Waals surface area contributed by atoms with E-state index in [0.29, 0.717) is 24.0 Å². The summed E-state index contributed by atoms with van der Waals surface area (Å²) in [5.41, 5.74) is 1.26. The van der Waals surface area contributed by atoms with E-state index < -0.39 is 0 Å². The van der Waals surface area contributed by atoms with Crippen molar-refractivity contribution >= 4 is 23.0 Å². The molecule has 0 spiro atoms. The van der Waals surface area contributed by atoms with Gasteiger partial charge in [0.15, 0.2) is 5.11 Å². The molecule has 0 saturated heterocycles. The van der Waals surface area contributed by atoms with Gasteiger partial charge in [-0.2, -0.15) is 0 Å². The van der Waals surface area contributed by atoms with Gasteiger partial charge in [0.25, 0.3) is 0 Å². The second-order valence-electron chi connectivity index (χ2n) is 3.86. The molecule has 2 N–H and O–H groups in total. The first-order chi connectivity index (χ1) is 8.65. The number of halogens is 1. The zero-order chi connectivity index (χ0) is 13.4. The standard InChI is InChI=1S/C13H19FN2OS/c1-3-17-9-5-8-15-13(18)16-12-10(2)6-4-7-11(12)14/h4,6-7H,3,5,8-9H2,1-2H3,(H2,15,16,18). The summed E-state index contributed by atoms with van der Waals surface area (Å²) in [4.78, 5) is 0. The van der Waals surface area contributed by atoms with Crippen LogP contribution in [0.25, 0.3) is 0 Å². The summed E-state index contributed by atoms with van der Waals surface area (Å²) < 4.78 is 18.7. The van der Waals surface area contributed by atoms with E-state index in [1.165, 1.54) is 6.07 Å². The molecule has 0 bridgehead atoms. The summed E-state index contributed by atoms with van der Waals surface area (Å²) in [5, 5.41) is 6.32. The van der Waals surface area contributed by atoms with Gasteiger partial charge >= 0.3 is 0 Å². The quantitative estimate of drug-likeness (QED) is 0.615. The Labute approximate surface area is 113 Å². The van der Waals surface area contributed by atoms with Crippen LogP contribution in [0.1, 0.15) is 18.9 Å². The summed E-state index contributed by atoms with van der Waals surface area (Å²) in [6.07, 6.45) is 0.867. The number of ether oxygens (including phenoxy) is 1. The Morgan fingerprint density at radius 1 is 1.44 bits per heavy atom. The highest BCUT2D eigenvalue weighted by Crippen LogP contribution is 2.18. The normalized spacial score (nSPS) is 10.2. The third-order valence-corrected chi connectivity index (χ3v) is 2.66. The molecular weight excluding hydrogens is 251 g/mol. The molecule has 1 aromatic carbocycles. The average Bonchev–Trinajstić information content (AvgIpc) is 2.34. The lowest BCUT2D eigenvalue weighted by atomic mass is 10.2. The van der Waals surface area contributed by atoms with Crippen LogP contribution in [-0.4, -0.2) is 24.9 Å². The Balaban J connectivity index is 2.36. The van der Waals surface area contributed by atoms with Crippen LogP contribution in [0.4, 0.5) is 10.1 Å². The zero-order valence-corrected chi connectivity index (χ0v) is 11.6. The van der Waals surface area contributed by atoms with Crippen molar-refractivity contribution in [2.24, 2.45) is 0 Å². The van der Waals surface area contributed by atoms with Crippen LogP contribution in [0, 0.1) is 12.7 Å². The number of thiocarbonyl (C=S) groups is 1. The zero-order valence-electron chi connectivity index (χ0n) is 10.8. The highest BCUT2D eigenvalue weighted by Gasteiger charge is 2.06. The molecule has 0 fully saturated rings. The van der Waals surface area contributed by atoms with E-state index in [1.54, 1.807) is 6.07 Å². The largest absolute Gasteiger partial charge is 0.382 e. The predicted octanol–water partition coefficient (Wildman–Crippen LogP) is 2.85. The summed E-state index contributed by atoms with van der Waals surface area (Å²) in [5.74, 6) is -0.298. The van der Waals surface area contributed by atoms with Gasteiger partial charge in [-0.1, -0.05) is 12.1 Å². The van der Waals surface area contributed by atoms with Crippen molar-refractivity contribution in [1.29, 1.82) is 0 Å². The van der Waals surface area contributed by atoms with Crippen molar-refractivity contribution in [2.45, 2.75) is 20.3 Å². The van der Waals surface area contributed by atoms with Crippen molar-refractivity contribution in [2.75, 3.05) is 25.1 Å². The molecule has 1 aromatic rings. The van der Waals surface area contributed by atoms with Crippen molar-refractivity contribution in [3.8, 4) is 0 Å². The lowest BCUT2D eigenvalue weighted by molar-refractivity contribution is 0.146. The molecule has 0 unspecified atom stereocenters. The number of hydrogen-bond donors (Lipinski definition) is 2. The molecule has 18 heavy (non-hydrogen) atoms. The number of para-hydroxylation sites is 1. The highest BCUT2D eigenvalue weighted by molar-refractivity contribution is 7.80. The van der Waals surface area contributed by atoms with Gasteiger partial charge < -0.3 is 15.4 Å². The Bertz CT molecular complexity index is 378. The van der Waals surface area contributed by atoms with Crippen molar-refractivity contribution in [3.63, 3.8) is 0 Å². The molecule has 0 atom stereocenters. The minimum Gasteiger partial charge on any atom is -0.382 e. The second kappa shape index (κ2) is 8.00. The fourth-order valence-electron chi connectivity index (χ4n) is 1.47. The van der Waals surface area contributed by atoms with Crippen LogP contribution in [0.15, 0.2) is 18.2 Å². The van der Waals surface area contributed by atoms with Crippen molar-refractivity contribution in [1.82, 2.24) is 5.32 Å². The SMILES string of the molecule is CCOCCCNC(=S)Nc1c(C)cccc1F. The van der Waals surface area contributed by atoms with Crippen LogP contribution in [0.5, 0.6) is 0 Å². The maximum absolute atomic E-state index is 13.5. The third-order valence-electron chi connectivity index (χ3n) is 2.42. The fraction of sp³-hybridized carbons (Fsp3) is 0.462. The van der Waals surface area contributed by atoms with Crippen LogP contribution in [-0.2, 0) is 4.74 Å². The van der Waals surface area contributed by atoms with Crippen molar-refractivity contribution < 1.29 is 9.13 Å². The Morgan fingerprint density at radius 2 is 2.22 bits per heavy atom. The average molecular weight is 270 g/mol. The van der Waals surface area contributed by atoms with Gasteiger partial charge in [-0.3, -0.25) is 0 Å². The minimum absolute atomic E-state index is 0.298. The number of benzene rings is 1. The van der Waals surface area contributed by atoms with Gasteiger partial charge in [-0.25, -0.2) is 4.39 Å². The molecule has 0 aliphatic carbocycles. The van der Waals surface area contributed by atoms with Gasteiger partial charge in [0.05, 0.1) is 5.69 Å². The summed E-state index contributed by atoms with van der Waals surface area (Å²) in [6, 6.07) is 4.92. The Hall–Kier alpha value is -1.20. The van der Waals surface area contributed by atoms with Crippen LogP contribution < -0.4 is 10.6 Å². The van der Waals surface area contributed by atoms with Crippen molar-refractivity contribution in [3.05, 3.63) is 29.6 Å². The first-order valence-electron chi connectivity index (χ1n) is 6.03. The van der Waals surface area contributed by atoms with Gasteiger partial charge in [0, 0.05) is 19.8 Å². The predicted molar refractivity (Wildman–Crippen MR) is 76.5 cm³/mol. The van der Waals surface area contributed by atoms with E-state index in [9.17, 15) is 4.39 Å². The Kier molecular flexibility index (Phi) is 6.60. The molecule has 0 aliphatic rings. The molecule has 100 valence electrons. The maximum atomic E-state index is 13.5. The summed E-state index contributed by atoms with van der Waals surface area (Å²) in [6.45, 7) is 5.92. The monoisotopic (exact) mass is 270 g/mol. The van der Waals surface area contributed by atoms with E-state index >= 15 is 0 Å². The van der Waals surface area contributed by atoms with E-state index in [4.69, 9.17) is 17.0 Å². The molecule has 0 amide bonds. The molecule has 0 radical (unpaired) electrons. The van der Waals surface area contributed by atoms with E-state index in [0.717, 1.165) is 18.6 Å². The highest BCUT2D eigenvalue weighted by atomic mass is 32.1. The van der Waals surface area contributed by atoms with Gasteiger partial charge in [-0.05, 0) is 44.1 Å². The van der Waals surface area contributed by atoms with Crippen LogP contribution in [0.3, 0.4) is 0 Å². The lowest BCUT2D eigenvalue weighted by Crippen LogP contribution is -2.30. The van der Waals surface area contributed by atoms with Gasteiger partial charge in [0.2, 0.25) is 0 Å². The first kappa shape index (κ1) is 14.9. The second-order valence-corrected chi connectivity index (χ2v) is 4.27. The van der Waals surface area contributed by atoms with E-state index in [1.807, 2.05) is 19.9 Å². The number of aryl methyl sites for hydroxylation is 1. The minimum atomic E-state index is -0.298. The van der Waals surface area contributed by atoms with E-state index in [2.05, 4.69) is 10.6 Å². The smallest absolute Gasteiger partial charge is 0.170 e. The van der Waals surface area contributed by atoms with E-state index in [-0.39, 0.29) is 5.82 Å². The van der Waals surface area contributed by atoms with Gasteiger partial charge in [-0.15, -0.1) is 0 Å². The van der Waals surface area contributed by atoms with Crippen LogP contribution in [0.2, 0.25) is 0 Å². The van der Waals surface area contributed by atoms with Crippen LogP contribution >= 0.6 is 12.2 Å². The topological polar surface area (TPSA) is 33.3 Å². The molecule has 3 nitrogen and oxygen atoms in total. The molecule has 0 heterocycles. The molecule has 0 aromatic heterocycles. The molecule has 5 heteroatoms. The number of rotatable bonds is 6. The number of anilines is 1. The summed E-state index contributed by atoms with van der Waals surface area (Å²) in [7, 11) is 0. The van der Waals surface area contributed by atoms with Gasteiger partial charge in [0.1, 0.15) is 5.82 Å². The maximum Gasteiger partial charge on any atom is 0.170 e. The molecule has 1 rings (SSSR count). The first-order valence-corrected chi connectivity index (χ1v) is 6.43. The third kappa shape index (κ3) is 4.98. The molecule has 0 saturated carbocycles. The number of hydrogen-bond acceptors (Lipinski definition) is 2. The lowest BCUT2D eigenvalue weighted by Gasteiger charge is -2.13.